The van der Waals surface area contributed by atoms with E-state index >= 15 is 0 Å². The predicted octanol–water partition coefficient (Wildman–Crippen LogP) is 2.82. The molecule has 6 nitrogen and oxygen atoms in total. The van der Waals surface area contributed by atoms with Crippen LogP contribution in [-0.4, -0.2) is 53.6 Å². The third kappa shape index (κ3) is 3.85. The first-order chi connectivity index (χ1) is 14.0. The van der Waals surface area contributed by atoms with Crippen LogP contribution in [0.3, 0.4) is 0 Å². The monoisotopic (exact) mass is 410 g/mol. The Hall–Kier alpha value is -2.48. The fraction of sp³-hybridized carbons (Fsp3) is 0.318. The Bertz CT molecular complexity index is 1020. The second-order valence-corrected chi connectivity index (χ2v) is 9.29. The molecule has 152 valence electrons. The van der Waals surface area contributed by atoms with Crippen LogP contribution in [0, 0.1) is 6.92 Å². The van der Waals surface area contributed by atoms with Gasteiger partial charge in [0.2, 0.25) is 10.0 Å². The van der Waals surface area contributed by atoms with Gasteiger partial charge in [-0.1, -0.05) is 60.7 Å². The first-order valence-corrected chi connectivity index (χ1v) is 11.2. The summed E-state index contributed by atoms with van der Waals surface area (Å²) in [6, 6.07) is 20.9. The van der Waals surface area contributed by atoms with E-state index in [0.717, 1.165) is 0 Å². The molecule has 0 saturated carbocycles. The summed E-state index contributed by atoms with van der Waals surface area (Å²) in [6.07, 6.45) is 1.45. The Labute approximate surface area is 172 Å². The van der Waals surface area contributed by atoms with Gasteiger partial charge in [-0.15, -0.1) is 0 Å². The average molecular weight is 411 g/mol. The summed E-state index contributed by atoms with van der Waals surface area (Å²) in [7, 11) is -1.77. The fourth-order valence-electron chi connectivity index (χ4n) is 3.96. The van der Waals surface area contributed by atoms with E-state index in [1.807, 2.05) is 12.1 Å². The molecule has 1 aromatic heterocycles. The number of rotatable bonds is 5. The van der Waals surface area contributed by atoms with Gasteiger partial charge < -0.3 is 0 Å². The van der Waals surface area contributed by atoms with Gasteiger partial charge in [0.25, 0.3) is 0 Å². The van der Waals surface area contributed by atoms with Crippen LogP contribution in [0.4, 0.5) is 0 Å². The van der Waals surface area contributed by atoms with E-state index in [9.17, 15) is 8.42 Å². The van der Waals surface area contributed by atoms with Crippen molar-refractivity contribution in [3.05, 3.63) is 83.7 Å². The van der Waals surface area contributed by atoms with Crippen molar-refractivity contribution in [2.75, 3.05) is 26.2 Å². The highest BCUT2D eigenvalue weighted by Gasteiger charge is 2.33. The first kappa shape index (κ1) is 19.8. The van der Waals surface area contributed by atoms with Gasteiger partial charge in [-0.2, -0.15) is 9.40 Å². The first-order valence-electron chi connectivity index (χ1n) is 9.81. The molecule has 2 heterocycles. The summed E-state index contributed by atoms with van der Waals surface area (Å²) in [5.74, 6) is 0. The Morgan fingerprint density at radius 1 is 0.862 bits per heavy atom. The van der Waals surface area contributed by atoms with Gasteiger partial charge in [-0.3, -0.25) is 9.58 Å². The molecule has 0 N–H and O–H groups in total. The highest BCUT2D eigenvalue weighted by molar-refractivity contribution is 7.89. The van der Waals surface area contributed by atoms with E-state index in [4.69, 9.17) is 0 Å². The van der Waals surface area contributed by atoms with Crippen molar-refractivity contribution in [1.29, 1.82) is 0 Å². The lowest BCUT2D eigenvalue weighted by atomic mass is 9.96. The van der Waals surface area contributed by atoms with Crippen molar-refractivity contribution in [1.82, 2.24) is 19.0 Å². The van der Waals surface area contributed by atoms with E-state index in [1.165, 1.54) is 17.3 Å². The maximum atomic E-state index is 13.1. The van der Waals surface area contributed by atoms with Crippen LogP contribution in [-0.2, 0) is 17.1 Å². The lowest BCUT2D eigenvalue weighted by Crippen LogP contribution is -2.49. The average Bonchev–Trinajstić information content (AvgIpc) is 3.09. The van der Waals surface area contributed by atoms with E-state index in [0.29, 0.717) is 36.8 Å². The standard InChI is InChI=1S/C22H26N4O2S/c1-18-21(17-23-24(18)2)29(27,28)26-15-13-25(14-16-26)22(19-9-5-3-6-10-19)20-11-7-4-8-12-20/h3-12,17,22H,13-16H2,1-2H3. The van der Waals surface area contributed by atoms with Gasteiger partial charge in [-0.05, 0) is 18.1 Å². The molecule has 1 fully saturated rings. The summed E-state index contributed by atoms with van der Waals surface area (Å²) >= 11 is 0. The zero-order valence-electron chi connectivity index (χ0n) is 16.8. The summed E-state index contributed by atoms with van der Waals surface area (Å²) in [5.41, 5.74) is 3.11. The molecule has 0 atom stereocenters. The third-order valence-corrected chi connectivity index (χ3v) is 7.68. The fourth-order valence-corrected chi connectivity index (χ4v) is 5.57. The lowest BCUT2D eigenvalue weighted by Gasteiger charge is -2.39. The van der Waals surface area contributed by atoms with Gasteiger partial charge in [0.15, 0.2) is 0 Å². The third-order valence-electron chi connectivity index (χ3n) is 5.68. The topological polar surface area (TPSA) is 58.4 Å². The van der Waals surface area contributed by atoms with Crippen molar-refractivity contribution in [2.45, 2.75) is 17.9 Å². The van der Waals surface area contributed by atoms with Crippen molar-refractivity contribution < 1.29 is 8.42 Å². The largest absolute Gasteiger partial charge is 0.290 e. The molecule has 0 aliphatic carbocycles. The summed E-state index contributed by atoms with van der Waals surface area (Å²) < 4.78 is 29.4. The lowest BCUT2D eigenvalue weighted by molar-refractivity contribution is 0.156. The Morgan fingerprint density at radius 2 is 1.38 bits per heavy atom. The van der Waals surface area contributed by atoms with Crippen LogP contribution in [0.2, 0.25) is 0 Å². The molecule has 1 aliphatic rings. The van der Waals surface area contributed by atoms with E-state index in [2.05, 4.69) is 58.5 Å². The SMILES string of the molecule is Cc1c(S(=O)(=O)N2CCN(C(c3ccccc3)c3ccccc3)CC2)cnn1C. The van der Waals surface area contributed by atoms with Crippen molar-refractivity contribution in [2.24, 2.45) is 7.05 Å². The van der Waals surface area contributed by atoms with Gasteiger partial charge in [0, 0.05) is 33.2 Å². The molecule has 0 spiro atoms. The van der Waals surface area contributed by atoms with Crippen molar-refractivity contribution in [3.8, 4) is 0 Å². The molecular weight excluding hydrogens is 384 g/mol. The highest BCUT2D eigenvalue weighted by atomic mass is 32.2. The van der Waals surface area contributed by atoms with Crippen LogP contribution >= 0.6 is 0 Å². The van der Waals surface area contributed by atoms with Crippen LogP contribution in [0.5, 0.6) is 0 Å². The van der Waals surface area contributed by atoms with Gasteiger partial charge in [-0.25, -0.2) is 8.42 Å². The number of hydrogen-bond acceptors (Lipinski definition) is 4. The Balaban J connectivity index is 1.56. The van der Waals surface area contributed by atoms with Gasteiger partial charge in [0.05, 0.1) is 17.9 Å². The minimum atomic E-state index is -3.53. The normalized spacial score (nSPS) is 16.4. The summed E-state index contributed by atoms with van der Waals surface area (Å²) in [4.78, 5) is 2.67. The predicted molar refractivity (Wildman–Crippen MR) is 113 cm³/mol. The van der Waals surface area contributed by atoms with E-state index in [1.54, 1.807) is 23.0 Å². The van der Waals surface area contributed by atoms with Crippen molar-refractivity contribution in [3.63, 3.8) is 0 Å². The maximum Gasteiger partial charge on any atom is 0.246 e. The quantitative estimate of drug-likeness (QED) is 0.649. The number of hydrogen-bond donors (Lipinski definition) is 0. The minimum Gasteiger partial charge on any atom is -0.290 e. The molecule has 1 saturated heterocycles. The molecule has 2 aromatic carbocycles. The number of sulfonamides is 1. The van der Waals surface area contributed by atoms with Gasteiger partial charge >= 0.3 is 0 Å². The summed E-state index contributed by atoms with van der Waals surface area (Å²) in [5, 5.41) is 4.10. The molecule has 3 aromatic rings. The van der Waals surface area contributed by atoms with Crippen LogP contribution in [0.25, 0.3) is 0 Å². The van der Waals surface area contributed by atoms with Crippen LogP contribution in [0.1, 0.15) is 22.9 Å². The van der Waals surface area contributed by atoms with Crippen molar-refractivity contribution >= 4 is 10.0 Å². The molecule has 1 aliphatic heterocycles. The van der Waals surface area contributed by atoms with E-state index < -0.39 is 10.0 Å². The Morgan fingerprint density at radius 3 is 1.83 bits per heavy atom. The van der Waals surface area contributed by atoms with E-state index in [-0.39, 0.29) is 6.04 Å². The van der Waals surface area contributed by atoms with Crippen LogP contribution in [0.15, 0.2) is 71.8 Å². The molecule has 0 unspecified atom stereocenters. The second-order valence-electron chi connectivity index (χ2n) is 7.38. The molecule has 7 heteroatoms. The number of benzene rings is 2. The smallest absolute Gasteiger partial charge is 0.246 e. The number of aromatic nitrogens is 2. The van der Waals surface area contributed by atoms with Crippen LogP contribution < -0.4 is 0 Å². The minimum absolute atomic E-state index is 0.113. The number of nitrogens with zero attached hydrogens (tertiary/aromatic N) is 4. The Kier molecular flexibility index (Phi) is 5.54. The second kappa shape index (κ2) is 8.10. The molecule has 4 rings (SSSR count). The highest BCUT2D eigenvalue weighted by Crippen LogP contribution is 2.30. The molecule has 0 bridgehead atoms. The maximum absolute atomic E-state index is 13.1. The number of piperazine rings is 1. The zero-order chi connectivity index (χ0) is 20.4. The summed E-state index contributed by atoms with van der Waals surface area (Å²) in [6.45, 7) is 4.07. The zero-order valence-corrected chi connectivity index (χ0v) is 17.6. The molecule has 29 heavy (non-hydrogen) atoms. The molecule has 0 radical (unpaired) electrons. The molecular formula is C22H26N4O2S. The van der Waals surface area contributed by atoms with Gasteiger partial charge in [0.1, 0.15) is 4.90 Å². The number of aryl methyl sites for hydroxylation is 1. The molecule has 0 amide bonds.